The highest BCUT2D eigenvalue weighted by molar-refractivity contribution is 5.95. The molecule has 0 bridgehead atoms. The van der Waals surface area contributed by atoms with Crippen molar-refractivity contribution in [2.24, 2.45) is 0 Å². The smallest absolute Gasteiger partial charge is 0.265 e. The molecule has 0 unspecified atom stereocenters. The summed E-state index contributed by atoms with van der Waals surface area (Å²) in [5.41, 5.74) is 2.72. The summed E-state index contributed by atoms with van der Waals surface area (Å²) in [5, 5.41) is 2.98. The van der Waals surface area contributed by atoms with Gasteiger partial charge in [0.05, 0.1) is 0 Å². The van der Waals surface area contributed by atoms with Gasteiger partial charge in [-0.2, -0.15) is 0 Å². The van der Waals surface area contributed by atoms with Crippen molar-refractivity contribution < 1.29 is 14.3 Å². The van der Waals surface area contributed by atoms with Crippen LogP contribution in [0.15, 0.2) is 78.9 Å². The molecule has 1 atom stereocenters. The Morgan fingerprint density at radius 3 is 2.54 bits per heavy atom. The largest absolute Gasteiger partial charge is 0.489 e. The highest BCUT2D eigenvalue weighted by Crippen LogP contribution is 2.29. The molecular formula is C22H19NO3. The molecule has 0 aliphatic carbocycles. The summed E-state index contributed by atoms with van der Waals surface area (Å²) in [6, 6.07) is 25.0. The molecule has 0 fully saturated rings. The third-order valence-corrected chi connectivity index (χ3v) is 4.35. The number of benzene rings is 3. The molecule has 130 valence electrons. The molecule has 1 heterocycles. The molecule has 26 heavy (non-hydrogen) atoms. The molecule has 3 aromatic carbocycles. The van der Waals surface area contributed by atoms with Crippen molar-refractivity contribution in [3.8, 4) is 11.5 Å². The van der Waals surface area contributed by atoms with Crippen LogP contribution in [0.1, 0.15) is 11.1 Å². The molecule has 1 N–H and O–H groups in total. The van der Waals surface area contributed by atoms with Crippen molar-refractivity contribution in [2.45, 2.75) is 19.1 Å². The Kier molecular flexibility index (Phi) is 4.56. The van der Waals surface area contributed by atoms with Gasteiger partial charge < -0.3 is 14.8 Å². The lowest BCUT2D eigenvalue weighted by molar-refractivity contribution is -0.122. The second kappa shape index (κ2) is 7.31. The number of anilines is 1. The Bertz CT molecular complexity index is 883. The quantitative estimate of drug-likeness (QED) is 0.754. The second-order valence-electron chi connectivity index (χ2n) is 6.17. The number of amides is 1. The van der Waals surface area contributed by atoms with Gasteiger partial charge in [0.25, 0.3) is 5.91 Å². The third kappa shape index (κ3) is 3.54. The predicted octanol–water partition coefficient (Wildman–Crippen LogP) is 4.21. The molecule has 1 aliphatic heterocycles. The fourth-order valence-electron chi connectivity index (χ4n) is 2.99. The summed E-state index contributed by atoms with van der Waals surface area (Å²) < 4.78 is 11.6. The first-order valence-corrected chi connectivity index (χ1v) is 8.61. The van der Waals surface area contributed by atoms with Crippen LogP contribution < -0.4 is 14.8 Å². The van der Waals surface area contributed by atoms with Gasteiger partial charge in [0.15, 0.2) is 6.10 Å². The monoisotopic (exact) mass is 345 g/mol. The van der Waals surface area contributed by atoms with Crippen molar-refractivity contribution in [3.05, 3.63) is 90.0 Å². The maximum absolute atomic E-state index is 12.6. The lowest BCUT2D eigenvalue weighted by Gasteiger charge is -2.15. The Hall–Kier alpha value is -3.27. The van der Waals surface area contributed by atoms with Crippen LogP contribution in [-0.4, -0.2) is 12.0 Å². The molecule has 0 radical (unpaired) electrons. The van der Waals surface area contributed by atoms with E-state index in [4.69, 9.17) is 9.47 Å². The fourth-order valence-corrected chi connectivity index (χ4v) is 2.99. The van der Waals surface area contributed by atoms with E-state index in [0.29, 0.717) is 13.0 Å². The van der Waals surface area contributed by atoms with Crippen molar-refractivity contribution in [1.29, 1.82) is 0 Å². The first-order chi connectivity index (χ1) is 12.8. The Labute approximate surface area is 152 Å². The number of nitrogens with one attached hydrogen (secondary N) is 1. The predicted molar refractivity (Wildman–Crippen MR) is 100 cm³/mol. The molecular weight excluding hydrogens is 326 g/mol. The van der Waals surface area contributed by atoms with Gasteiger partial charge in [0.2, 0.25) is 0 Å². The van der Waals surface area contributed by atoms with Gasteiger partial charge in [0, 0.05) is 17.7 Å². The highest BCUT2D eigenvalue weighted by atomic mass is 16.5. The van der Waals surface area contributed by atoms with Gasteiger partial charge in [0.1, 0.15) is 18.1 Å². The minimum Gasteiger partial charge on any atom is -0.489 e. The Morgan fingerprint density at radius 1 is 0.962 bits per heavy atom. The normalized spacial score (nSPS) is 15.0. The number of rotatable bonds is 5. The standard InChI is InChI=1S/C22H19NO3/c24-22(21-14-16-8-5-7-13-20(16)26-21)23-19-12-6-4-9-17(19)15-25-18-10-2-1-3-11-18/h1-13,21H,14-15H2,(H,23,24)/t21-/m0/s1. The molecule has 1 amide bonds. The first kappa shape index (κ1) is 16.2. The third-order valence-electron chi connectivity index (χ3n) is 4.35. The van der Waals surface area contributed by atoms with Crippen molar-refractivity contribution in [1.82, 2.24) is 0 Å². The Balaban J connectivity index is 1.43. The van der Waals surface area contributed by atoms with Crippen LogP contribution in [0.3, 0.4) is 0 Å². The summed E-state index contributed by atoms with van der Waals surface area (Å²) >= 11 is 0. The lowest BCUT2D eigenvalue weighted by atomic mass is 10.1. The van der Waals surface area contributed by atoms with E-state index in [-0.39, 0.29) is 5.91 Å². The number of carbonyl (C=O) groups excluding carboxylic acids is 1. The number of hydrogen-bond donors (Lipinski definition) is 1. The maximum Gasteiger partial charge on any atom is 0.265 e. The zero-order chi connectivity index (χ0) is 17.8. The van der Waals surface area contributed by atoms with Gasteiger partial charge >= 0.3 is 0 Å². The van der Waals surface area contributed by atoms with Crippen LogP contribution in [0.25, 0.3) is 0 Å². The molecule has 0 aromatic heterocycles. The summed E-state index contributed by atoms with van der Waals surface area (Å²) in [7, 11) is 0. The maximum atomic E-state index is 12.6. The number of carbonyl (C=O) groups is 1. The van der Waals surface area contributed by atoms with Gasteiger partial charge in [-0.15, -0.1) is 0 Å². The van der Waals surface area contributed by atoms with Crippen molar-refractivity contribution in [2.75, 3.05) is 5.32 Å². The van der Waals surface area contributed by atoms with E-state index >= 15 is 0 Å². The second-order valence-corrected chi connectivity index (χ2v) is 6.17. The molecule has 4 heteroatoms. The molecule has 4 nitrogen and oxygen atoms in total. The number of para-hydroxylation sites is 3. The average molecular weight is 345 g/mol. The van der Waals surface area contributed by atoms with Gasteiger partial charge in [-0.3, -0.25) is 4.79 Å². The van der Waals surface area contributed by atoms with Gasteiger partial charge in [-0.25, -0.2) is 0 Å². The minimum absolute atomic E-state index is 0.145. The molecule has 0 spiro atoms. The SMILES string of the molecule is O=C(Nc1ccccc1COc1ccccc1)[C@@H]1Cc2ccccc2O1. The zero-order valence-electron chi connectivity index (χ0n) is 14.2. The fraction of sp³-hybridized carbons (Fsp3) is 0.136. The van der Waals surface area contributed by atoms with E-state index in [1.165, 1.54) is 0 Å². The number of ether oxygens (including phenoxy) is 2. The molecule has 3 aromatic rings. The van der Waals surface area contributed by atoms with E-state index in [0.717, 1.165) is 28.3 Å². The lowest BCUT2D eigenvalue weighted by Crippen LogP contribution is -2.31. The zero-order valence-corrected chi connectivity index (χ0v) is 14.2. The minimum atomic E-state index is -0.504. The van der Waals surface area contributed by atoms with Crippen molar-refractivity contribution >= 4 is 11.6 Å². The van der Waals surface area contributed by atoms with E-state index in [2.05, 4.69) is 5.32 Å². The topological polar surface area (TPSA) is 47.6 Å². The highest BCUT2D eigenvalue weighted by Gasteiger charge is 2.29. The van der Waals surface area contributed by atoms with Crippen molar-refractivity contribution in [3.63, 3.8) is 0 Å². The van der Waals surface area contributed by atoms with Gasteiger partial charge in [-0.1, -0.05) is 54.6 Å². The Morgan fingerprint density at radius 2 is 1.69 bits per heavy atom. The average Bonchev–Trinajstić information content (AvgIpc) is 3.12. The molecule has 4 rings (SSSR count). The summed E-state index contributed by atoms with van der Waals surface area (Å²) in [6.45, 7) is 0.381. The summed E-state index contributed by atoms with van der Waals surface area (Å²) in [4.78, 5) is 12.6. The van der Waals surface area contributed by atoms with Crippen LogP contribution in [0.2, 0.25) is 0 Å². The number of hydrogen-bond acceptors (Lipinski definition) is 3. The summed E-state index contributed by atoms with van der Waals surface area (Å²) in [6.07, 6.45) is 0.0838. The van der Waals surface area contributed by atoms with E-state index < -0.39 is 6.10 Å². The first-order valence-electron chi connectivity index (χ1n) is 8.61. The van der Waals surface area contributed by atoms with Crippen LogP contribution in [0, 0.1) is 0 Å². The van der Waals surface area contributed by atoms with E-state index in [1.54, 1.807) is 0 Å². The van der Waals surface area contributed by atoms with Crippen LogP contribution in [-0.2, 0) is 17.8 Å². The van der Waals surface area contributed by atoms with E-state index in [9.17, 15) is 4.79 Å². The summed E-state index contributed by atoms with van der Waals surface area (Å²) in [5.74, 6) is 1.44. The molecule has 0 saturated heterocycles. The van der Waals surface area contributed by atoms with Crippen LogP contribution in [0.5, 0.6) is 11.5 Å². The number of fused-ring (bicyclic) bond motifs is 1. The van der Waals surface area contributed by atoms with Crippen LogP contribution >= 0.6 is 0 Å². The van der Waals surface area contributed by atoms with Crippen LogP contribution in [0.4, 0.5) is 5.69 Å². The van der Waals surface area contributed by atoms with E-state index in [1.807, 2.05) is 78.9 Å². The van der Waals surface area contributed by atoms with Gasteiger partial charge in [-0.05, 0) is 29.8 Å². The molecule has 0 saturated carbocycles. The molecule has 1 aliphatic rings.